The summed E-state index contributed by atoms with van der Waals surface area (Å²) in [7, 11) is 1.65. The van der Waals surface area contributed by atoms with Crippen molar-refractivity contribution >= 4 is 22.3 Å². The Kier molecular flexibility index (Phi) is 4.63. The number of aryl methyl sites for hydroxylation is 1. The molecule has 0 aliphatic rings. The molecule has 0 saturated heterocycles. The van der Waals surface area contributed by atoms with Crippen LogP contribution in [0, 0.1) is 6.92 Å². The van der Waals surface area contributed by atoms with Crippen molar-refractivity contribution in [2.45, 2.75) is 6.92 Å². The van der Waals surface area contributed by atoms with Gasteiger partial charge in [0.2, 0.25) is 0 Å². The third kappa shape index (κ3) is 3.73. The van der Waals surface area contributed by atoms with Crippen molar-refractivity contribution in [3.63, 3.8) is 0 Å². The Balaban J connectivity index is 1.85. The SMILES string of the molecule is COCCOc1ccc2c(Nc3cnc(C)nc3)nccc2c1. The molecule has 0 bridgehead atoms. The van der Waals surface area contributed by atoms with Crippen LogP contribution in [0.3, 0.4) is 0 Å². The molecule has 3 aromatic rings. The molecule has 23 heavy (non-hydrogen) atoms. The summed E-state index contributed by atoms with van der Waals surface area (Å²) in [6, 6.07) is 7.86. The fourth-order valence-electron chi connectivity index (χ4n) is 2.18. The molecule has 0 spiro atoms. The molecule has 0 radical (unpaired) electrons. The van der Waals surface area contributed by atoms with Crippen LogP contribution in [0.5, 0.6) is 5.75 Å². The number of hydrogen-bond acceptors (Lipinski definition) is 6. The first-order chi connectivity index (χ1) is 11.3. The maximum Gasteiger partial charge on any atom is 0.138 e. The van der Waals surface area contributed by atoms with Gasteiger partial charge in [-0.2, -0.15) is 0 Å². The first kappa shape index (κ1) is 15.2. The third-order valence-electron chi connectivity index (χ3n) is 3.34. The molecule has 0 amide bonds. The first-order valence-corrected chi connectivity index (χ1v) is 7.32. The molecule has 3 rings (SSSR count). The monoisotopic (exact) mass is 310 g/mol. The summed E-state index contributed by atoms with van der Waals surface area (Å²) in [6.07, 6.45) is 5.24. The van der Waals surface area contributed by atoms with Gasteiger partial charge in [0.1, 0.15) is 24.0 Å². The van der Waals surface area contributed by atoms with Crippen LogP contribution in [0.2, 0.25) is 0 Å². The molecule has 0 atom stereocenters. The quantitative estimate of drug-likeness (QED) is 0.706. The highest BCUT2D eigenvalue weighted by Gasteiger charge is 2.05. The number of pyridine rings is 1. The van der Waals surface area contributed by atoms with E-state index in [1.54, 1.807) is 25.7 Å². The van der Waals surface area contributed by atoms with Crippen LogP contribution in [-0.4, -0.2) is 35.3 Å². The minimum atomic E-state index is 0.527. The summed E-state index contributed by atoms with van der Waals surface area (Å²) in [5.41, 5.74) is 0.802. The van der Waals surface area contributed by atoms with Gasteiger partial charge in [-0.1, -0.05) is 0 Å². The van der Waals surface area contributed by atoms with E-state index in [4.69, 9.17) is 9.47 Å². The zero-order chi connectivity index (χ0) is 16.1. The summed E-state index contributed by atoms with van der Waals surface area (Å²) in [6.45, 7) is 2.94. The van der Waals surface area contributed by atoms with Gasteiger partial charge in [0.15, 0.2) is 0 Å². The van der Waals surface area contributed by atoms with Crippen molar-refractivity contribution < 1.29 is 9.47 Å². The van der Waals surface area contributed by atoms with Crippen LogP contribution in [0.4, 0.5) is 11.5 Å². The van der Waals surface area contributed by atoms with Crippen molar-refractivity contribution in [3.8, 4) is 5.75 Å². The molecule has 0 unspecified atom stereocenters. The van der Waals surface area contributed by atoms with Crippen LogP contribution in [0.25, 0.3) is 10.8 Å². The molecular weight excluding hydrogens is 292 g/mol. The second-order valence-corrected chi connectivity index (χ2v) is 5.03. The average molecular weight is 310 g/mol. The Morgan fingerprint density at radius 2 is 1.87 bits per heavy atom. The van der Waals surface area contributed by atoms with Crippen LogP contribution in [-0.2, 0) is 4.74 Å². The molecule has 2 aromatic heterocycles. The molecule has 1 N–H and O–H groups in total. The van der Waals surface area contributed by atoms with E-state index in [9.17, 15) is 0 Å². The lowest BCUT2D eigenvalue weighted by atomic mass is 10.1. The smallest absolute Gasteiger partial charge is 0.138 e. The maximum absolute atomic E-state index is 5.64. The normalized spacial score (nSPS) is 10.7. The molecule has 118 valence electrons. The minimum Gasteiger partial charge on any atom is -0.491 e. The van der Waals surface area contributed by atoms with Gasteiger partial charge in [-0.25, -0.2) is 15.0 Å². The second-order valence-electron chi connectivity index (χ2n) is 5.03. The molecular formula is C17H18N4O2. The van der Waals surface area contributed by atoms with Gasteiger partial charge in [0.05, 0.1) is 24.7 Å². The topological polar surface area (TPSA) is 69.2 Å². The minimum absolute atomic E-state index is 0.527. The third-order valence-corrected chi connectivity index (χ3v) is 3.34. The van der Waals surface area contributed by atoms with Gasteiger partial charge in [-0.3, -0.25) is 0 Å². The van der Waals surface area contributed by atoms with E-state index >= 15 is 0 Å². The Hall–Kier alpha value is -2.73. The van der Waals surface area contributed by atoms with Crippen molar-refractivity contribution in [2.75, 3.05) is 25.6 Å². The van der Waals surface area contributed by atoms with E-state index in [-0.39, 0.29) is 0 Å². The number of methoxy groups -OCH3 is 1. The van der Waals surface area contributed by atoms with Crippen LogP contribution in [0.15, 0.2) is 42.9 Å². The molecule has 6 nitrogen and oxygen atoms in total. The summed E-state index contributed by atoms with van der Waals surface area (Å²) in [5.74, 6) is 2.31. The predicted octanol–water partition coefficient (Wildman–Crippen LogP) is 3.10. The molecule has 1 aromatic carbocycles. The Bertz CT molecular complexity index is 790. The Morgan fingerprint density at radius 1 is 1.04 bits per heavy atom. The van der Waals surface area contributed by atoms with Crippen molar-refractivity contribution in [1.29, 1.82) is 0 Å². The summed E-state index contributed by atoms with van der Waals surface area (Å²) >= 11 is 0. The van der Waals surface area contributed by atoms with E-state index < -0.39 is 0 Å². The zero-order valence-corrected chi connectivity index (χ0v) is 13.1. The summed E-state index contributed by atoms with van der Waals surface area (Å²) in [5, 5.41) is 5.30. The van der Waals surface area contributed by atoms with Gasteiger partial charge in [0.25, 0.3) is 0 Å². The predicted molar refractivity (Wildman–Crippen MR) is 89.2 cm³/mol. The number of nitrogens with one attached hydrogen (secondary N) is 1. The summed E-state index contributed by atoms with van der Waals surface area (Å²) < 4.78 is 10.6. The number of anilines is 2. The molecule has 0 aliphatic carbocycles. The molecule has 0 saturated carbocycles. The van der Waals surface area contributed by atoms with E-state index in [0.29, 0.717) is 13.2 Å². The van der Waals surface area contributed by atoms with Gasteiger partial charge >= 0.3 is 0 Å². The molecule has 0 fully saturated rings. The highest BCUT2D eigenvalue weighted by molar-refractivity contribution is 5.93. The van der Waals surface area contributed by atoms with Gasteiger partial charge in [0, 0.05) is 18.7 Å². The van der Waals surface area contributed by atoms with E-state index in [2.05, 4.69) is 20.3 Å². The fourth-order valence-corrected chi connectivity index (χ4v) is 2.18. The van der Waals surface area contributed by atoms with E-state index in [1.807, 2.05) is 31.2 Å². The highest BCUT2D eigenvalue weighted by atomic mass is 16.5. The lowest BCUT2D eigenvalue weighted by Crippen LogP contribution is -2.04. The maximum atomic E-state index is 5.64. The highest BCUT2D eigenvalue weighted by Crippen LogP contribution is 2.27. The largest absolute Gasteiger partial charge is 0.491 e. The number of rotatable bonds is 6. The number of nitrogens with zero attached hydrogens (tertiary/aromatic N) is 3. The average Bonchev–Trinajstić information content (AvgIpc) is 2.57. The van der Waals surface area contributed by atoms with Gasteiger partial charge in [-0.15, -0.1) is 0 Å². The van der Waals surface area contributed by atoms with Gasteiger partial charge in [-0.05, 0) is 36.6 Å². The second kappa shape index (κ2) is 7.02. The van der Waals surface area contributed by atoms with Gasteiger partial charge < -0.3 is 14.8 Å². The van der Waals surface area contributed by atoms with Crippen molar-refractivity contribution in [2.24, 2.45) is 0 Å². The van der Waals surface area contributed by atoms with E-state index in [1.165, 1.54) is 0 Å². The number of aromatic nitrogens is 3. The number of benzene rings is 1. The first-order valence-electron chi connectivity index (χ1n) is 7.32. The lowest BCUT2D eigenvalue weighted by molar-refractivity contribution is 0.146. The molecule has 2 heterocycles. The number of hydrogen-bond donors (Lipinski definition) is 1. The number of fused-ring (bicyclic) bond motifs is 1. The van der Waals surface area contributed by atoms with Crippen molar-refractivity contribution in [3.05, 3.63) is 48.7 Å². The fraction of sp³-hybridized carbons (Fsp3) is 0.235. The van der Waals surface area contributed by atoms with Crippen LogP contribution < -0.4 is 10.1 Å². The Labute approximate surface area is 134 Å². The zero-order valence-electron chi connectivity index (χ0n) is 13.1. The summed E-state index contributed by atoms with van der Waals surface area (Å²) in [4.78, 5) is 12.8. The van der Waals surface area contributed by atoms with Crippen LogP contribution >= 0.6 is 0 Å². The Morgan fingerprint density at radius 3 is 2.65 bits per heavy atom. The standard InChI is InChI=1S/C17H18N4O2/c1-12-19-10-14(11-20-12)21-17-16-4-3-15(23-8-7-22-2)9-13(16)5-6-18-17/h3-6,9-11H,7-8H2,1-2H3,(H,18,21). The molecule has 6 heteroatoms. The van der Waals surface area contributed by atoms with Crippen LogP contribution in [0.1, 0.15) is 5.82 Å². The number of ether oxygens (including phenoxy) is 2. The lowest BCUT2D eigenvalue weighted by Gasteiger charge is -2.10. The molecule has 0 aliphatic heterocycles. The van der Waals surface area contributed by atoms with E-state index in [0.717, 1.165) is 33.9 Å². The van der Waals surface area contributed by atoms with Crippen molar-refractivity contribution in [1.82, 2.24) is 15.0 Å².